The summed E-state index contributed by atoms with van der Waals surface area (Å²) in [6.07, 6.45) is 1.95. The molecule has 21 heavy (non-hydrogen) atoms. The number of fused-ring (bicyclic) bond motifs is 1. The molecule has 1 aromatic rings. The van der Waals surface area contributed by atoms with Crippen LogP contribution >= 0.6 is 0 Å². The first-order valence-electron chi connectivity index (χ1n) is 7.00. The fraction of sp³-hybridized carbons (Fsp3) is 0.467. The van der Waals surface area contributed by atoms with Gasteiger partial charge in [0.05, 0.1) is 11.8 Å². The van der Waals surface area contributed by atoms with Crippen LogP contribution in [-0.2, 0) is 21.2 Å². The van der Waals surface area contributed by atoms with Gasteiger partial charge in [-0.2, -0.15) is 5.26 Å². The van der Waals surface area contributed by atoms with Gasteiger partial charge in [-0.05, 0) is 43.0 Å². The van der Waals surface area contributed by atoms with E-state index in [1.54, 1.807) is 19.1 Å². The molecule has 1 aliphatic rings. The highest BCUT2D eigenvalue weighted by molar-refractivity contribution is 7.92. The number of ketones is 1. The molecule has 5 nitrogen and oxygen atoms in total. The lowest BCUT2D eigenvalue weighted by molar-refractivity contribution is -0.121. The molecule has 0 aromatic heterocycles. The van der Waals surface area contributed by atoms with Gasteiger partial charge in [0.15, 0.2) is 0 Å². The van der Waals surface area contributed by atoms with Crippen molar-refractivity contribution in [2.24, 2.45) is 0 Å². The molecule has 112 valence electrons. The fourth-order valence-corrected chi connectivity index (χ4v) is 3.24. The molecule has 6 heteroatoms. The second-order valence-electron chi connectivity index (χ2n) is 5.13. The molecular weight excluding hydrogens is 288 g/mol. The summed E-state index contributed by atoms with van der Waals surface area (Å²) in [5.74, 6) is -0.0437. The maximum atomic E-state index is 12.0. The zero-order valence-electron chi connectivity index (χ0n) is 11.9. The molecule has 1 atom stereocenters. The number of sulfonamides is 1. The van der Waals surface area contributed by atoms with E-state index >= 15 is 0 Å². The number of carbonyl (C=O) groups is 1. The number of nitriles is 1. The van der Waals surface area contributed by atoms with E-state index < -0.39 is 10.0 Å². The average Bonchev–Trinajstić information content (AvgIpc) is 2.46. The van der Waals surface area contributed by atoms with E-state index in [2.05, 4.69) is 10.8 Å². The second-order valence-corrected chi connectivity index (χ2v) is 7.15. The smallest absolute Gasteiger partial charge is 0.232 e. The van der Waals surface area contributed by atoms with Gasteiger partial charge >= 0.3 is 0 Å². The van der Waals surface area contributed by atoms with Crippen molar-refractivity contribution in [3.8, 4) is 6.07 Å². The third-order valence-electron chi connectivity index (χ3n) is 3.75. The minimum atomic E-state index is -3.30. The van der Waals surface area contributed by atoms with Crippen molar-refractivity contribution >= 4 is 21.5 Å². The highest BCUT2D eigenvalue weighted by Crippen LogP contribution is 2.34. The molecule has 2 rings (SSSR count). The maximum absolute atomic E-state index is 12.0. The zero-order valence-corrected chi connectivity index (χ0v) is 12.7. The summed E-state index contributed by atoms with van der Waals surface area (Å²) in [6.45, 7) is 1.58. The van der Waals surface area contributed by atoms with Gasteiger partial charge in [-0.25, -0.2) is 8.42 Å². The van der Waals surface area contributed by atoms with Gasteiger partial charge in [-0.1, -0.05) is 6.07 Å². The first-order valence-corrected chi connectivity index (χ1v) is 8.65. The largest absolute Gasteiger partial charge is 0.299 e. The molecule has 0 radical (unpaired) electrons. The number of rotatable bonds is 5. The van der Waals surface area contributed by atoms with Crippen LogP contribution in [0.15, 0.2) is 18.2 Å². The van der Waals surface area contributed by atoms with Crippen LogP contribution in [0.5, 0.6) is 0 Å². The van der Waals surface area contributed by atoms with E-state index in [9.17, 15) is 13.2 Å². The lowest BCUT2D eigenvalue weighted by Crippen LogP contribution is -2.21. The molecule has 0 unspecified atom stereocenters. The molecule has 1 N–H and O–H groups in total. The van der Waals surface area contributed by atoms with Crippen molar-refractivity contribution < 1.29 is 13.2 Å². The Balaban J connectivity index is 2.29. The first kappa shape index (κ1) is 15.5. The Morgan fingerprint density at radius 3 is 2.81 bits per heavy atom. The van der Waals surface area contributed by atoms with Gasteiger partial charge < -0.3 is 0 Å². The van der Waals surface area contributed by atoms with E-state index in [0.717, 1.165) is 11.1 Å². The summed E-state index contributed by atoms with van der Waals surface area (Å²) >= 11 is 0. The predicted octanol–water partition coefficient (Wildman–Crippen LogP) is 2.35. The Kier molecular flexibility index (Phi) is 4.63. The average molecular weight is 306 g/mol. The Morgan fingerprint density at radius 2 is 2.14 bits per heavy atom. The van der Waals surface area contributed by atoms with E-state index in [1.807, 2.05) is 6.07 Å². The lowest BCUT2D eigenvalue weighted by atomic mass is 9.79. The van der Waals surface area contributed by atoms with Crippen molar-refractivity contribution in [2.75, 3.05) is 10.5 Å². The van der Waals surface area contributed by atoms with Crippen molar-refractivity contribution in [3.05, 3.63) is 29.3 Å². The van der Waals surface area contributed by atoms with Crippen LogP contribution in [0.25, 0.3) is 0 Å². The quantitative estimate of drug-likeness (QED) is 0.904. The van der Waals surface area contributed by atoms with Crippen LogP contribution in [0.3, 0.4) is 0 Å². The molecule has 0 saturated heterocycles. The minimum absolute atomic E-state index is 0.0212. The number of nitrogens with zero attached hydrogens (tertiary/aromatic N) is 1. The summed E-state index contributed by atoms with van der Waals surface area (Å²) in [6, 6.07) is 7.36. The van der Waals surface area contributed by atoms with Crippen molar-refractivity contribution in [2.45, 2.75) is 38.5 Å². The predicted molar refractivity (Wildman–Crippen MR) is 80.4 cm³/mol. The summed E-state index contributed by atoms with van der Waals surface area (Å²) in [5.41, 5.74) is 2.46. The number of Topliss-reactive ketones (excluding diaryl/α,β-unsaturated/α-hetero) is 1. The molecule has 0 saturated carbocycles. The molecule has 0 heterocycles. The van der Waals surface area contributed by atoms with Gasteiger partial charge in [0.25, 0.3) is 0 Å². The van der Waals surface area contributed by atoms with E-state index in [-0.39, 0.29) is 17.5 Å². The van der Waals surface area contributed by atoms with Gasteiger partial charge in [0.1, 0.15) is 5.78 Å². The molecule has 0 aliphatic heterocycles. The Hall–Kier alpha value is -1.87. The summed E-state index contributed by atoms with van der Waals surface area (Å²) in [7, 11) is -3.30. The molecular formula is C15H18N2O3S. The number of aryl methyl sites for hydroxylation is 1. The third kappa shape index (κ3) is 3.61. The molecule has 0 spiro atoms. The van der Waals surface area contributed by atoms with Crippen LogP contribution in [-0.4, -0.2) is 20.0 Å². The second kappa shape index (κ2) is 6.27. The van der Waals surface area contributed by atoms with Crippen molar-refractivity contribution in [1.29, 1.82) is 5.26 Å². The van der Waals surface area contributed by atoms with Crippen molar-refractivity contribution in [1.82, 2.24) is 0 Å². The number of hydrogen-bond donors (Lipinski definition) is 1. The number of anilines is 1. The van der Waals surface area contributed by atoms with Crippen LogP contribution in [0.1, 0.15) is 43.2 Å². The lowest BCUT2D eigenvalue weighted by Gasteiger charge is -2.24. The topological polar surface area (TPSA) is 87.0 Å². The zero-order chi connectivity index (χ0) is 15.5. The minimum Gasteiger partial charge on any atom is -0.299 e. The van der Waals surface area contributed by atoms with E-state index in [1.165, 1.54) is 0 Å². The SMILES string of the molecule is CCS(=O)(=O)Nc1ccc2c(c1)CCC(=O)[C@H]2CCC#N. The summed E-state index contributed by atoms with van der Waals surface area (Å²) in [5, 5.41) is 8.69. The number of hydrogen-bond acceptors (Lipinski definition) is 4. The summed E-state index contributed by atoms with van der Waals surface area (Å²) in [4.78, 5) is 12.0. The fourth-order valence-electron chi connectivity index (χ4n) is 2.61. The first-order chi connectivity index (χ1) is 9.96. The van der Waals surface area contributed by atoms with Crippen LogP contribution in [0, 0.1) is 11.3 Å². The van der Waals surface area contributed by atoms with Crippen LogP contribution < -0.4 is 4.72 Å². The monoisotopic (exact) mass is 306 g/mol. The number of benzene rings is 1. The van der Waals surface area contributed by atoms with E-state index in [4.69, 9.17) is 5.26 Å². The Bertz CT molecular complexity index is 689. The normalized spacial score (nSPS) is 17.9. The van der Waals surface area contributed by atoms with Gasteiger partial charge in [-0.15, -0.1) is 0 Å². The van der Waals surface area contributed by atoms with E-state index in [0.29, 0.717) is 31.4 Å². The van der Waals surface area contributed by atoms with Gasteiger partial charge in [0.2, 0.25) is 10.0 Å². The highest BCUT2D eigenvalue weighted by atomic mass is 32.2. The molecule has 0 fully saturated rings. The molecule has 1 aromatic carbocycles. The van der Waals surface area contributed by atoms with Crippen molar-refractivity contribution in [3.63, 3.8) is 0 Å². The van der Waals surface area contributed by atoms with Crippen LogP contribution in [0.4, 0.5) is 5.69 Å². The molecule has 0 bridgehead atoms. The van der Waals surface area contributed by atoms with Gasteiger partial charge in [-0.3, -0.25) is 9.52 Å². The molecule has 1 aliphatic carbocycles. The number of carbonyl (C=O) groups excluding carboxylic acids is 1. The standard InChI is InChI=1S/C15H18N2O3S/c1-2-21(19,20)17-12-6-7-13-11(10-12)5-8-15(18)14(13)4-3-9-16/h6-7,10,14,17H,2-5,8H2,1H3/t14-/m0/s1. The van der Waals surface area contributed by atoms with Crippen LogP contribution in [0.2, 0.25) is 0 Å². The molecule has 0 amide bonds. The third-order valence-corrected chi connectivity index (χ3v) is 5.05. The maximum Gasteiger partial charge on any atom is 0.232 e. The summed E-state index contributed by atoms with van der Waals surface area (Å²) < 4.78 is 25.7. The number of nitrogens with one attached hydrogen (secondary N) is 1. The Morgan fingerprint density at radius 1 is 1.38 bits per heavy atom. The Labute approximate surface area is 125 Å². The highest BCUT2D eigenvalue weighted by Gasteiger charge is 2.27. The van der Waals surface area contributed by atoms with Gasteiger partial charge in [0, 0.05) is 24.4 Å².